The van der Waals surface area contributed by atoms with Gasteiger partial charge in [0.15, 0.2) is 0 Å². The summed E-state index contributed by atoms with van der Waals surface area (Å²) in [5.74, 6) is -0.259. The molecule has 86 valence electrons. The zero-order chi connectivity index (χ0) is 11.5. The Hall–Kier alpha value is -1.55. The summed E-state index contributed by atoms with van der Waals surface area (Å²) >= 11 is 0. The molecule has 0 aromatic heterocycles. The van der Waals surface area contributed by atoms with E-state index in [9.17, 15) is 9.90 Å². The highest BCUT2D eigenvalue weighted by molar-refractivity contribution is 5.96. The monoisotopic (exact) mass is 221 g/mol. The first kappa shape index (κ1) is 11.0. The quantitative estimate of drug-likeness (QED) is 0.787. The summed E-state index contributed by atoms with van der Waals surface area (Å²) in [6.07, 6.45) is 1.92. The molecule has 1 aliphatic heterocycles. The minimum absolute atomic E-state index is 0.00442. The first-order valence-electron chi connectivity index (χ1n) is 5.43. The number of hydrogen-bond acceptors (Lipinski definition) is 3. The van der Waals surface area contributed by atoms with E-state index in [0.717, 1.165) is 18.4 Å². The van der Waals surface area contributed by atoms with Gasteiger partial charge in [0.2, 0.25) is 0 Å². The molecule has 4 nitrogen and oxygen atoms in total. The standard InChI is InChI=1S/C12H15NO3/c1-9-4-5-11(14)10(8-9)12(15)13-6-2-3-7-16-13/h4-5,8,14H,2-3,6-7H2,1H3. The van der Waals surface area contributed by atoms with E-state index in [1.54, 1.807) is 12.1 Å². The van der Waals surface area contributed by atoms with E-state index in [1.807, 2.05) is 6.92 Å². The van der Waals surface area contributed by atoms with Gasteiger partial charge in [-0.3, -0.25) is 9.63 Å². The van der Waals surface area contributed by atoms with Crippen LogP contribution < -0.4 is 0 Å². The van der Waals surface area contributed by atoms with Crippen LogP contribution in [0.15, 0.2) is 18.2 Å². The lowest BCUT2D eigenvalue weighted by Gasteiger charge is -2.26. The predicted molar refractivity (Wildman–Crippen MR) is 59.1 cm³/mol. The van der Waals surface area contributed by atoms with Gasteiger partial charge < -0.3 is 5.11 Å². The van der Waals surface area contributed by atoms with Gasteiger partial charge in [0.05, 0.1) is 12.2 Å². The van der Waals surface area contributed by atoms with Crippen LogP contribution in [0.4, 0.5) is 0 Å². The van der Waals surface area contributed by atoms with E-state index in [2.05, 4.69) is 0 Å². The Labute approximate surface area is 94.4 Å². The molecule has 0 spiro atoms. The van der Waals surface area contributed by atoms with Crippen molar-refractivity contribution in [3.05, 3.63) is 29.3 Å². The number of aromatic hydroxyl groups is 1. The van der Waals surface area contributed by atoms with Crippen LogP contribution >= 0.6 is 0 Å². The van der Waals surface area contributed by atoms with E-state index in [0.29, 0.717) is 18.7 Å². The number of carbonyl (C=O) groups is 1. The van der Waals surface area contributed by atoms with E-state index in [4.69, 9.17) is 4.84 Å². The summed E-state index contributed by atoms with van der Waals surface area (Å²) in [7, 11) is 0. The number of phenols is 1. The minimum Gasteiger partial charge on any atom is -0.507 e. The molecule has 16 heavy (non-hydrogen) atoms. The average Bonchev–Trinajstić information content (AvgIpc) is 2.32. The third-order valence-corrected chi connectivity index (χ3v) is 2.61. The Kier molecular flexibility index (Phi) is 3.10. The summed E-state index contributed by atoms with van der Waals surface area (Å²) in [5, 5.41) is 11.0. The van der Waals surface area contributed by atoms with Crippen LogP contribution in [0.25, 0.3) is 0 Å². The first-order chi connectivity index (χ1) is 7.68. The summed E-state index contributed by atoms with van der Waals surface area (Å²) in [6.45, 7) is 3.04. The van der Waals surface area contributed by atoms with Crippen molar-refractivity contribution < 1.29 is 14.7 Å². The molecular weight excluding hydrogens is 206 g/mol. The number of nitrogens with zero attached hydrogens (tertiary/aromatic N) is 1. The molecule has 0 radical (unpaired) electrons. The Morgan fingerprint density at radius 3 is 2.94 bits per heavy atom. The van der Waals surface area contributed by atoms with Crippen molar-refractivity contribution in [1.82, 2.24) is 5.06 Å². The number of rotatable bonds is 1. The van der Waals surface area contributed by atoms with Gasteiger partial charge in [0.1, 0.15) is 5.75 Å². The number of hydroxylamine groups is 2. The average molecular weight is 221 g/mol. The van der Waals surface area contributed by atoms with Crippen LogP contribution in [-0.2, 0) is 4.84 Å². The maximum Gasteiger partial charge on any atom is 0.281 e. The fourth-order valence-corrected chi connectivity index (χ4v) is 1.71. The fraction of sp³-hybridized carbons (Fsp3) is 0.417. The Bertz CT molecular complexity index is 397. The molecule has 1 N–H and O–H groups in total. The van der Waals surface area contributed by atoms with Gasteiger partial charge in [-0.25, -0.2) is 5.06 Å². The van der Waals surface area contributed by atoms with Crippen molar-refractivity contribution in [3.63, 3.8) is 0 Å². The number of phenolic OH excluding ortho intramolecular Hbond substituents is 1. The van der Waals surface area contributed by atoms with Crippen LogP contribution in [-0.4, -0.2) is 29.2 Å². The largest absolute Gasteiger partial charge is 0.507 e. The zero-order valence-corrected chi connectivity index (χ0v) is 9.27. The van der Waals surface area contributed by atoms with Crippen molar-refractivity contribution in [2.75, 3.05) is 13.2 Å². The fourth-order valence-electron chi connectivity index (χ4n) is 1.71. The Morgan fingerprint density at radius 1 is 1.44 bits per heavy atom. The molecule has 0 atom stereocenters. The third kappa shape index (κ3) is 2.17. The van der Waals surface area contributed by atoms with E-state index in [-0.39, 0.29) is 11.7 Å². The van der Waals surface area contributed by atoms with E-state index in [1.165, 1.54) is 11.1 Å². The van der Waals surface area contributed by atoms with Gasteiger partial charge in [-0.1, -0.05) is 11.6 Å². The van der Waals surface area contributed by atoms with Gasteiger partial charge in [0, 0.05) is 6.54 Å². The molecule has 1 heterocycles. The number of hydrogen-bond donors (Lipinski definition) is 1. The molecule has 1 saturated heterocycles. The molecule has 4 heteroatoms. The number of aryl methyl sites for hydroxylation is 1. The van der Waals surface area contributed by atoms with E-state index < -0.39 is 0 Å². The SMILES string of the molecule is Cc1ccc(O)c(C(=O)N2CCCCO2)c1. The molecule has 1 fully saturated rings. The first-order valence-corrected chi connectivity index (χ1v) is 5.43. The summed E-state index contributed by atoms with van der Waals surface area (Å²) in [4.78, 5) is 17.3. The smallest absolute Gasteiger partial charge is 0.281 e. The Balaban J connectivity index is 2.22. The molecule has 1 aliphatic rings. The number of amides is 1. The van der Waals surface area contributed by atoms with Gasteiger partial charge >= 0.3 is 0 Å². The van der Waals surface area contributed by atoms with Crippen LogP contribution in [0.1, 0.15) is 28.8 Å². The summed E-state index contributed by atoms with van der Waals surface area (Å²) in [5.41, 5.74) is 1.25. The molecule has 2 rings (SSSR count). The molecule has 0 unspecified atom stereocenters. The maximum atomic E-state index is 12.0. The maximum absolute atomic E-state index is 12.0. The van der Waals surface area contributed by atoms with Crippen LogP contribution in [0.5, 0.6) is 5.75 Å². The van der Waals surface area contributed by atoms with Gasteiger partial charge in [0.25, 0.3) is 5.91 Å². The van der Waals surface area contributed by atoms with Crippen molar-refractivity contribution >= 4 is 5.91 Å². The molecule has 1 aromatic carbocycles. The highest BCUT2D eigenvalue weighted by Gasteiger charge is 2.21. The number of benzene rings is 1. The van der Waals surface area contributed by atoms with Crippen LogP contribution in [0.2, 0.25) is 0 Å². The molecular formula is C12H15NO3. The summed E-state index contributed by atoms with van der Waals surface area (Å²) < 4.78 is 0. The predicted octanol–water partition coefficient (Wildman–Crippen LogP) is 1.87. The van der Waals surface area contributed by atoms with Gasteiger partial charge in [-0.15, -0.1) is 0 Å². The second-order valence-electron chi connectivity index (χ2n) is 3.97. The Morgan fingerprint density at radius 2 is 2.25 bits per heavy atom. The van der Waals surface area contributed by atoms with E-state index >= 15 is 0 Å². The van der Waals surface area contributed by atoms with Crippen molar-refractivity contribution in [3.8, 4) is 5.75 Å². The lowest BCUT2D eigenvalue weighted by atomic mass is 10.1. The normalized spacial score (nSPS) is 16.2. The topological polar surface area (TPSA) is 49.8 Å². The minimum atomic E-state index is -0.263. The third-order valence-electron chi connectivity index (χ3n) is 2.61. The van der Waals surface area contributed by atoms with Crippen LogP contribution in [0.3, 0.4) is 0 Å². The van der Waals surface area contributed by atoms with Crippen LogP contribution in [0, 0.1) is 6.92 Å². The molecule has 0 bridgehead atoms. The molecule has 0 aliphatic carbocycles. The van der Waals surface area contributed by atoms with Crippen molar-refractivity contribution in [2.24, 2.45) is 0 Å². The lowest BCUT2D eigenvalue weighted by molar-refractivity contribution is -0.144. The second kappa shape index (κ2) is 4.53. The molecule has 1 amide bonds. The summed E-state index contributed by atoms with van der Waals surface area (Å²) in [6, 6.07) is 4.98. The lowest BCUT2D eigenvalue weighted by Crippen LogP contribution is -2.35. The zero-order valence-electron chi connectivity index (χ0n) is 9.27. The molecule has 0 saturated carbocycles. The number of carbonyl (C=O) groups excluding carboxylic acids is 1. The second-order valence-corrected chi connectivity index (χ2v) is 3.97. The molecule has 1 aromatic rings. The van der Waals surface area contributed by atoms with Gasteiger partial charge in [-0.2, -0.15) is 0 Å². The highest BCUT2D eigenvalue weighted by Crippen LogP contribution is 2.21. The highest BCUT2D eigenvalue weighted by atomic mass is 16.7. The van der Waals surface area contributed by atoms with Gasteiger partial charge in [-0.05, 0) is 31.9 Å². The van der Waals surface area contributed by atoms with Crippen molar-refractivity contribution in [1.29, 1.82) is 0 Å². The van der Waals surface area contributed by atoms with Crippen molar-refractivity contribution in [2.45, 2.75) is 19.8 Å².